The second kappa shape index (κ2) is 7.34. The molecule has 0 unspecified atom stereocenters. The molecule has 0 saturated carbocycles. The van der Waals surface area contributed by atoms with Crippen LogP contribution in [-0.2, 0) is 10.0 Å². The maximum absolute atomic E-state index is 12.8. The van der Waals surface area contributed by atoms with E-state index in [2.05, 4.69) is 4.98 Å². The highest BCUT2D eigenvalue weighted by molar-refractivity contribution is 7.89. The van der Waals surface area contributed by atoms with Gasteiger partial charge in [0.15, 0.2) is 5.78 Å². The molecular weight excluding hydrogens is 350 g/mol. The fourth-order valence-electron chi connectivity index (χ4n) is 3.41. The predicted octanol–water partition coefficient (Wildman–Crippen LogP) is 2.13. The molecule has 140 valence electrons. The molecule has 0 amide bonds. The maximum atomic E-state index is 12.8. The number of ketones is 1. The van der Waals surface area contributed by atoms with Gasteiger partial charge in [0.25, 0.3) is 0 Å². The standard InChI is InChI=1S/C19H25N3O3S/c1-14-6-4-5-7-19(14)26(24,25)22-10-8-21(9-11-22)13-18(23)17-12-15(2)20-16(17)3/h4-7,12,20H,8-11,13H2,1-3H3. The lowest BCUT2D eigenvalue weighted by atomic mass is 10.1. The number of nitrogens with zero attached hydrogens (tertiary/aromatic N) is 2. The number of H-pyrrole nitrogens is 1. The van der Waals surface area contributed by atoms with Gasteiger partial charge in [0.05, 0.1) is 11.4 Å². The molecule has 0 spiro atoms. The van der Waals surface area contributed by atoms with Gasteiger partial charge in [-0.15, -0.1) is 0 Å². The van der Waals surface area contributed by atoms with Crippen molar-refractivity contribution in [1.82, 2.24) is 14.2 Å². The molecule has 1 saturated heterocycles. The largest absolute Gasteiger partial charge is 0.362 e. The van der Waals surface area contributed by atoms with E-state index in [9.17, 15) is 13.2 Å². The smallest absolute Gasteiger partial charge is 0.243 e. The number of aromatic nitrogens is 1. The molecule has 6 nitrogen and oxygen atoms in total. The number of nitrogens with one attached hydrogen (secondary N) is 1. The zero-order valence-corrected chi connectivity index (χ0v) is 16.3. The van der Waals surface area contributed by atoms with Crippen LogP contribution >= 0.6 is 0 Å². The maximum Gasteiger partial charge on any atom is 0.243 e. The van der Waals surface area contributed by atoms with Gasteiger partial charge >= 0.3 is 0 Å². The summed E-state index contributed by atoms with van der Waals surface area (Å²) < 4.78 is 27.2. The topological polar surface area (TPSA) is 73.5 Å². The van der Waals surface area contributed by atoms with Crippen molar-refractivity contribution < 1.29 is 13.2 Å². The number of hydrogen-bond acceptors (Lipinski definition) is 4. The first-order valence-electron chi connectivity index (χ1n) is 8.76. The first-order valence-corrected chi connectivity index (χ1v) is 10.2. The van der Waals surface area contributed by atoms with E-state index in [1.807, 2.05) is 43.9 Å². The van der Waals surface area contributed by atoms with Crippen LogP contribution in [0.4, 0.5) is 0 Å². The van der Waals surface area contributed by atoms with E-state index in [-0.39, 0.29) is 5.78 Å². The van der Waals surface area contributed by atoms with E-state index >= 15 is 0 Å². The van der Waals surface area contributed by atoms with E-state index in [1.54, 1.807) is 12.1 Å². The first kappa shape index (κ1) is 18.8. The van der Waals surface area contributed by atoms with E-state index in [4.69, 9.17) is 0 Å². The van der Waals surface area contributed by atoms with Crippen molar-refractivity contribution in [2.45, 2.75) is 25.7 Å². The van der Waals surface area contributed by atoms with Crippen molar-refractivity contribution in [3.63, 3.8) is 0 Å². The highest BCUT2D eigenvalue weighted by Crippen LogP contribution is 2.21. The summed E-state index contributed by atoms with van der Waals surface area (Å²) in [7, 11) is -3.48. The lowest BCUT2D eigenvalue weighted by molar-refractivity contribution is 0.0901. The molecule has 3 rings (SSSR count). The van der Waals surface area contributed by atoms with Crippen LogP contribution in [0, 0.1) is 20.8 Å². The normalized spacial score (nSPS) is 16.7. The Morgan fingerprint density at radius 2 is 1.73 bits per heavy atom. The first-order chi connectivity index (χ1) is 12.3. The fourth-order valence-corrected chi connectivity index (χ4v) is 5.06. The second-order valence-electron chi connectivity index (χ2n) is 6.86. The number of aryl methyl sites for hydroxylation is 3. The Bertz CT molecular complexity index is 910. The van der Waals surface area contributed by atoms with Gasteiger partial charge in [0, 0.05) is 43.1 Å². The average Bonchev–Trinajstić information content (AvgIpc) is 2.94. The molecule has 1 aliphatic rings. The van der Waals surface area contributed by atoms with Gasteiger partial charge in [0.1, 0.15) is 0 Å². The van der Waals surface area contributed by atoms with Crippen molar-refractivity contribution in [3.05, 3.63) is 52.8 Å². The summed E-state index contributed by atoms with van der Waals surface area (Å²) >= 11 is 0. The van der Waals surface area contributed by atoms with E-state index in [0.29, 0.717) is 37.6 Å². The Kier molecular flexibility index (Phi) is 5.32. The zero-order valence-electron chi connectivity index (χ0n) is 15.4. The van der Waals surface area contributed by atoms with Gasteiger partial charge in [-0.2, -0.15) is 4.31 Å². The number of hydrogen-bond donors (Lipinski definition) is 1. The number of carbonyl (C=O) groups excluding carboxylic acids is 1. The van der Waals surface area contributed by atoms with Crippen molar-refractivity contribution in [2.24, 2.45) is 0 Å². The van der Waals surface area contributed by atoms with Crippen molar-refractivity contribution in [2.75, 3.05) is 32.7 Å². The fraction of sp³-hybridized carbons (Fsp3) is 0.421. The summed E-state index contributed by atoms with van der Waals surface area (Å²) in [6, 6.07) is 8.91. The molecule has 0 radical (unpaired) electrons. The van der Waals surface area contributed by atoms with Crippen LogP contribution in [-0.4, -0.2) is 61.1 Å². The van der Waals surface area contributed by atoms with E-state index < -0.39 is 10.0 Å². The van der Waals surface area contributed by atoms with Gasteiger partial charge < -0.3 is 4.98 Å². The summed E-state index contributed by atoms with van der Waals surface area (Å²) in [4.78, 5) is 18.0. The Labute approximate surface area is 154 Å². The number of aromatic amines is 1. The van der Waals surface area contributed by atoms with Crippen molar-refractivity contribution in [3.8, 4) is 0 Å². The van der Waals surface area contributed by atoms with Crippen LogP contribution < -0.4 is 0 Å². The number of rotatable bonds is 5. The molecule has 0 atom stereocenters. The molecule has 26 heavy (non-hydrogen) atoms. The molecule has 0 bridgehead atoms. The highest BCUT2D eigenvalue weighted by atomic mass is 32.2. The van der Waals surface area contributed by atoms with Crippen LogP contribution in [0.3, 0.4) is 0 Å². The summed E-state index contributed by atoms with van der Waals surface area (Å²) in [5, 5.41) is 0. The monoisotopic (exact) mass is 375 g/mol. The summed E-state index contributed by atoms with van der Waals surface area (Å²) in [5.74, 6) is 0.0714. The van der Waals surface area contributed by atoms with Crippen LogP contribution in [0.25, 0.3) is 0 Å². The van der Waals surface area contributed by atoms with E-state index in [1.165, 1.54) is 4.31 Å². The van der Waals surface area contributed by atoms with Gasteiger partial charge in [-0.05, 0) is 38.5 Å². The van der Waals surface area contributed by atoms with Crippen LogP contribution in [0.1, 0.15) is 27.3 Å². The van der Waals surface area contributed by atoms with Gasteiger partial charge in [-0.1, -0.05) is 18.2 Å². The third-order valence-corrected chi connectivity index (χ3v) is 6.92. The van der Waals surface area contributed by atoms with E-state index in [0.717, 1.165) is 22.5 Å². The van der Waals surface area contributed by atoms with Crippen LogP contribution in [0.5, 0.6) is 0 Å². The molecule has 7 heteroatoms. The average molecular weight is 375 g/mol. The molecular formula is C19H25N3O3S. The quantitative estimate of drug-likeness (QED) is 0.813. The van der Waals surface area contributed by atoms with Gasteiger partial charge in [-0.25, -0.2) is 8.42 Å². The molecule has 2 heterocycles. The Morgan fingerprint density at radius 3 is 2.31 bits per heavy atom. The number of piperazine rings is 1. The second-order valence-corrected chi connectivity index (χ2v) is 8.77. The minimum atomic E-state index is -3.48. The third-order valence-electron chi connectivity index (χ3n) is 4.86. The molecule has 1 aliphatic heterocycles. The molecule has 2 aromatic rings. The summed E-state index contributed by atoms with van der Waals surface area (Å²) in [5.41, 5.74) is 3.33. The number of benzene rings is 1. The Morgan fingerprint density at radius 1 is 1.08 bits per heavy atom. The van der Waals surface area contributed by atoms with Crippen molar-refractivity contribution >= 4 is 15.8 Å². The Balaban J connectivity index is 1.63. The summed E-state index contributed by atoms with van der Waals surface area (Å²) in [6.07, 6.45) is 0. The predicted molar refractivity (Wildman–Crippen MR) is 101 cm³/mol. The lowest BCUT2D eigenvalue weighted by Gasteiger charge is -2.33. The number of Topliss-reactive ketones (excluding diaryl/α,β-unsaturated/α-hetero) is 1. The number of carbonyl (C=O) groups is 1. The minimum absolute atomic E-state index is 0.0714. The SMILES string of the molecule is Cc1cc(C(=O)CN2CCN(S(=O)(=O)c3ccccc3C)CC2)c(C)[nH]1. The molecule has 1 N–H and O–H groups in total. The lowest BCUT2D eigenvalue weighted by Crippen LogP contribution is -2.49. The minimum Gasteiger partial charge on any atom is -0.362 e. The molecule has 1 aromatic carbocycles. The third kappa shape index (κ3) is 3.75. The molecule has 0 aliphatic carbocycles. The zero-order chi connectivity index (χ0) is 18.9. The molecule has 1 aromatic heterocycles. The molecule has 1 fully saturated rings. The van der Waals surface area contributed by atoms with Crippen LogP contribution in [0.2, 0.25) is 0 Å². The Hall–Kier alpha value is -1.96. The van der Waals surface area contributed by atoms with Gasteiger partial charge in [-0.3, -0.25) is 9.69 Å². The highest BCUT2D eigenvalue weighted by Gasteiger charge is 2.30. The number of sulfonamides is 1. The van der Waals surface area contributed by atoms with Crippen molar-refractivity contribution in [1.29, 1.82) is 0 Å². The summed E-state index contributed by atoms with van der Waals surface area (Å²) in [6.45, 7) is 7.86. The van der Waals surface area contributed by atoms with Gasteiger partial charge in [0.2, 0.25) is 10.0 Å². The van der Waals surface area contributed by atoms with Crippen LogP contribution in [0.15, 0.2) is 35.2 Å².